The molecule has 1 atom stereocenters. The van der Waals surface area contributed by atoms with Gasteiger partial charge in [0.25, 0.3) is 0 Å². The molecule has 0 fully saturated rings. The summed E-state index contributed by atoms with van der Waals surface area (Å²) in [6.45, 7) is 6.26. The normalized spacial score (nSPS) is 14.7. The van der Waals surface area contributed by atoms with Crippen LogP contribution in [0.25, 0.3) is 0 Å². The van der Waals surface area contributed by atoms with E-state index < -0.39 is 0 Å². The van der Waals surface area contributed by atoms with Crippen molar-refractivity contribution in [3.63, 3.8) is 0 Å². The zero-order valence-electron chi connectivity index (χ0n) is 9.55. The van der Waals surface area contributed by atoms with Crippen LogP contribution in [-0.4, -0.2) is 21.4 Å². The highest BCUT2D eigenvalue weighted by molar-refractivity contribution is 6.17. The molecule has 1 aromatic heterocycles. The third-order valence-corrected chi connectivity index (χ3v) is 2.85. The van der Waals surface area contributed by atoms with Crippen LogP contribution in [0.2, 0.25) is 0 Å². The second-order valence-electron chi connectivity index (χ2n) is 4.02. The Morgan fingerprint density at radius 3 is 2.73 bits per heavy atom. The van der Waals surface area contributed by atoms with Crippen LogP contribution in [-0.2, 0) is 0 Å². The van der Waals surface area contributed by atoms with Crippen LogP contribution in [0.4, 0.5) is 5.82 Å². The minimum absolute atomic E-state index is 0.0164. The molecule has 1 aromatic rings. The smallest absolute Gasteiger partial charge is 0.130 e. The molecule has 1 N–H and O–H groups in total. The number of aromatic nitrogens is 2. The predicted octanol–water partition coefficient (Wildman–Crippen LogP) is 2.99. The quantitative estimate of drug-likeness (QED) is 0.786. The van der Waals surface area contributed by atoms with E-state index in [0.717, 1.165) is 24.4 Å². The van der Waals surface area contributed by atoms with Gasteiger partial charge in [-0.2, -0.15) is 0 Å². The Hall–Kier alpha value is -0.830. The third-order valence-electron chi connectivity index (χ3n) is 2.66. The molecule has 84 valence electrons. The Bertz CT molecular complexity index is 316. The van der Waals surface area contributed by atoms with E-state index in [9.17, 15) is 0 Å². The van der Waals surface area contributed by atoms with Crippen molar-refractivity contribution in [2.24, 2.45) is 0 Å². The Kier molecular flexibility index (Phi) is 4.33. The predicted molar refractivity (Wildman–Crippen MR) is 64.4 cm³/mol. The number of nitrogens with one attached hydrogen (secondary N) is 1. The summed E-state index contributed by atoms with van der Waals surface area (Å²) in [7, 11) is 0. The largest absolute Gasteiger partial charge is 0.365 e. The Balaban J connectivity index is 2.74. The molecule has 15 heavy (non-hydrogen) atoms. The van der Waals surface area contributed by atoms with E-state index in [1.807, 2.05) is 13.0 Å². The first-order valence-electron chi connectivity index (χ1n) is 5.22. The zero-order chi connectivity index (χ0) is 11.3. The number of halogens is 1. The SMILES string of the molecule is CCC(C)(CCCl)Nc1cc(C)ncn1. The number of anilines is 1. The maximum absolute atomic E-state index is 5.79. The number of hydrogen-bond donors (Lipinski definition) is 1. The van der Waals surface area contributed by atoms with E-state index in [1.54, 1.807) is 6.33 Å². The highest BCUT2D eigenvalue weighted by Gasteiger charge is 2.21. The molecular weight excluding hydrogens is 210 g/mol. The van der Waals surface area contributed by atoms with Gasteiger partial charge in [0.1, 0.15) is 12.1 Å². The molecule has 4 heteroatoms. The topological polar surface area (TPSA) is 37.8 Å². The lowest BCUT2D eigenvalue weighted by atomic mass is 9.95. The third kappa shape index (κ3) is 3.67. The van der Waals surface area contributed by atoms with E-state index in [2.05, 4.69) is 29.1 Å². The van der Waals surface area contributed by atoms with Crippen LogP contribution in [0.1, 0.15) is 32.4 Å². The monoisotopic (exact) mass is 227 g/mol. The first-order chi connectivity index (χ1) is 7.09. The van der Waals surface area contributed by atoms with Crippen molar-refractivity contribution in [3.05, 3.63) is 18.1 Å². The van der Waals surface area contributed by atoms with Crippen LogP contribution >= 0.6 is 11.6 Å². The molecule has 0 aliphatic rings. The second-order valence-corrected chi connectivity index (χ2v) is 4.40. The van der Waals surface area contributed by atoms with Crippen molar-refractivity contribution in [2.75, 3.05) is 11.2 Å². The molecule has 1 heterocycles. The second kappa shape index (κ2) is 5.31. The molecular formula is C11H18ClN3. The van der Waals surface area contributed by atoms with E-state index >= 15 is 0 Å². The van der Waals surface area contributed by atoms with Gasteiger partial charge in [0.15, 0.2) is 0 Å². The maximum Gasteiger partial charge on any atom is 0.130 e. The van der Waals surface area contributed by atoms with Crippen molar-refractivity contribution >= 4 is 17.4 Å². The van der Waals surface area contributed by atoms with Crippen molar-refractivity contribution in [1.29, 1.82) is 0 Å². The van der Waals surface area contributed by atoms with Crippen LogP contribution in [0, 0.1) is 6.92 Å². The molecule has 0 radical (unpaired) electrons. The molecule has 1 unspecified atom stereocenters. The van der Waals surface area contributed by atoms with Gasteiger partial charge in [-0.15, -0.1) is 11.6 Å². The van der Waals surface area contributed by atoms with Gasteiger partial charge in [-0.3, -0.25) is 0 Å². The van der Waals surface area contributed by atoms with Gasteiger partial charge in [-0.25, -0.2) is 9.97 Å². The van der Waals surface area contributed by atoms with Gasteiger partial charge >= 0.3 is 0 Å². The van der Waals surface area contributed by atoms with Crippen LogP contribution < -0.4 is 5.32 Å². The lowest BCUT2D eigenvalue weighted by molar-refractivity contribution is 0.479. The van der Waals surface area contributed by atoms with Gasteiger partial charge in [0, 0.05) is 23.2 Å². The maximum atomic E-state index is 5.79. The van der Waals surface area contributed by atoms with Gasteiger partial charge in [-0.05, 0) is 26.7 Å². The fourth-order valence-corrected chi connectivity index (χ4v) is 1.79. The highest BCUT2D eigenvalue weighted by Crippen LogP contribution is 2.21. The summed E-state index contributed by atoms with van der Waals surface area (Å²) in [5, 5.41) is 3.41. The highest BCUT2D eigenvalue weighted by atomic mass is 35.5. The lowest BCUT2D eigenvalue weighted by Gasteiger charge is -2.29. The average molecular weight is 228 g/mol. The minimum Gasteiger partial charge on any atom is -0.365 e. The molecule has 3 nitrogen and oxygen atoms in total. The summed E-state index contributed by atoms with van der Waals surface area (Å²) in [4.78, 5) is 8.25. The molecule has 1 rings (SSSR count). The Labute approximate surface area is 96.3 Å². The summed E-state index contributed by atoms with van der Waals surface area (Å²) in [5.74, 6) is 1.53. The van der Waals surface area contributed by atoms with Crippen molar-refractivity contribution < 1.29 is 0 Å². The minimum atomic E-state index is 0.0164. The molecule has 0 saturated heterocycles. The molecule has 0 aromatic carbocycles. The van der Waals surface area contributed by atoms with Crippen molar-refractivity contribution in [1.82, 2.24) is 9.97 Å². The standard InChI is InChI=1S/C11H18ClN3/c1-4-11(3,5-6-12)15-10-7-9(2)13-8-14-10/h7-8H,4-6H2,1-3H3,(H,13,14,15). The first kappa shape index (κ1) is 12.2. The van der Waals surface area contributed by atoms with Gasteiger partial charge < -0.3 is 5.32 Å². The first-order valence-corrected chi connectivity index (χ1v) is 5.76. The summed E-state index contributed by atoms with van der Waals surface area (Å²) in [5.41, 5.74) is 0.986. The summed E-state index contributed by atoms with van der Waals surface area (Å²) >= 11 is 5.79. The molecule has 0 amide bonds. The van der Waals surface area contributed by atoms with E-state index in [-0.39, 0.29) is 5.54 Å². The lowest BCUT2D eigenvalue weighted by Crippen LogP contribution is -2.34. The van der Waals surface area contributed by atoms with E-state index in [4.69, 9.17) is 11.6 Å². The van der Waals surface area contributed by atoms with Crippen LogP contribution in [0.5, 0.6) is 0 Å². The fourth-order valence-electron chi connectivity index (χ4n) is 1.37. The van der Waals surface area contributed by atoms with Crippen molar-refractivity contribution in [3.8, 4) is 0 Å². The zero-order valence-corrected chi connectivity index (χ0v) is 10.3. The summed E-state index contributed by atoms with van der Waals surface area (Å²) in [6.07, 6.45) is 3.52. The number of rotatable bonds is 5. The number of hydrogen-bond acceptors (Lipinski definition) is 3. The molecule has 0 aliphatic carbocycles. The van der Waals surface area contributed by atoms with Crippen LogP contribution in [0.15, 0.2) is 12.4 Å². The average Bonchev–Trinajstić information content (AvgIpc) is 2.18. The number of nitrogens with zero attached hydrogens (tertiary/aromatic N) is 2. The Morgan fingerprint density at radius 2 is 2.20 bits per heavy atom. The Morgan fingerprint density at radius 1 is 1.47 bits per heavy atom. The number of alkyl halides is 1. The van der Waals surface area contributed by atoms with E-state index in [1.165, 1.54) is 0 Å². The molecule has 0 aliphatic heterocycles. The van der Waals surface area contributed by atoms with Crippen molar-refractivity contribution in [2.45, 2.75) is 39.2 Å². The van der Waals surface area contributed by atoms with Crippen LogP contribution in [0.3, 0.4) is 0 Å². The van der Waals surface area contributed by atoms with Gasteiger partial charge in [0.2, 0.25) is 0 Å². The fraction of sp³-hybridized carbons (Fsp3) is 0.636. The summed E-state index contributed by atoms with van der Waals surface area (Å²) in [6, 6.07) is 1.95. The van der Waals surface area contributed by atoms with Gasteiger partial charge in [-0.1, -0.05) is 6.92 Å². The summed E-state index contributed by atoms with van der Waals surface area (Å²) < 4.78 is 0. The van der Waals surface area contributed by atoms with E-state index in [0.29, 0.717) is 5.88 Å². The number of aryl methyl sites for hydroxylation is 1. The molecule has 0 spiro atoms. The molecule has 0 saturated carbocycles. The van der Waals surface area contributed by atoms with Gasteiger partial charge in [0.05, 0.1) is 0 Å². The molecule has 0 bridgehead atoms.